The Hall–Kier alpha value is -2.13. The molecule has 3 rings (SSSR count). The Balaban J connectivity index is 2.22. The molecule has 142 valence electrons. The summed E-state index contributed by atoms with van der Waals surface area (Å²) in [5.41, 5.74) is -1.05. The van der Waals surface area contributed by atoms with E-state index in [9.17, 15) is 18.0 Å². The van der Waals surface area contributed by atoms with Crippen LogP contribution < -0.4 is 5.32 Å². The summed E-state index contributed by atoms with van der Waals surface area (Å²) < 4.78 is 42.1. The number of hydrogen-bond donors (Lipinski definition) is 1. The number of hydrogen-bond acceptors (Lipinski definition) is 3. The van der Waals surface area contributed by atoms with E-state index in [1.165, 1.54) is 0 Å². The summed E-state index contributed by atoms with van der Waals surface area (Å²) in [4.78, 5) is 16.4. The van der Waals surface area contributed by atoms with E-state index in [1.54, 1.807) is 24.3 Å². The molecule has 10 heteroatoms. The Morgan fingerprint density at radius 3 is 2.56 bits per heavy atom. The average molecular weight is 462 g/mol. The molecule has 2 aromatic heterocycles. The Morgan fingerprint density at radius 2 is 1.96 bits per heavy atom. The van der Waals surface area contributed by atoms with Crippen LogP contribution in [0.15, 0.2) is 34.8 Å². The minimum atomic E-state index is -4.71. The molecule has 0 aliphatic carbocycles. The van der Waals surface area contributed by atoms with Crippen molar-refractivity contribution in [2.45, 2.75) is 19.5 Å². The number of alkyl halides is 3. The lowest BCUT2D eigenvalue weighted by Gasteiger charge is -2.11. The summed E-state index contributed by atoms with van der Waals surface area (Å²) in [6.45, 7) is 2.20. The van der Waals surface area contributed by atoms with Gasteiger partial charge in [0.2, 0.25) is 0 Å². The zero-order valence-corrected chi connectivity index (χ0v) is 16.3. The van der Waals surface area contributed by atoms with Crippen LogP contribution in [0.3, 0.4) is 0 Å². The maximum Gasteiger partial charge on any atom is 0.433 e. The number of aromatic nitrogens is 3. The van der Waals surface area contributed by atoms with E-state index >= 15 is 0 Å². The molecule has 1 amide bonds. The van der Waals surface area contributed by atoms with Crippen molar-refractivity contribution in [1.29, 1.82) is 0 Å². The van der Waals surface area contributed by atoms with Gasteiger partial charge in [0.05, 0.1) is 5.69 Å². The number of nitrogens with zero attached hydrogens (tertiary/aromatic N) is 3. The van der Waals surface area contributed by atoms with Crippen LogP contribution >= 0.6 is 27.5 Å². The second kappa shape index (κ2) is 7.47. The van der Waals surface area contributed by atoms with Gasteiger partial charge in [-0.05, 0) is 24.6 Å². The first-order valence-corrected chi connectivity index (χ1v) is 9.10. The van der Waals surface area contributed by atoms with E-state index in [2.05, 4.69) is 31.3 Å². The van der Waals surface area contributed by atoms with Crippen LogP contribution in [-0.2, 0) is 6.18 Å². The molecule has 0 fully saturated rings. The number of nitrogens with one attached hydrogen (secondary N) is 1. The quantitative estimate of drug-likeness (QED) is 0.597. The number of fused-ring (bicyclic) bond motifs is 1. The molecule has 2 heterocycles. The van der Waals surface area contributed by atoms with Gasteiger partial charge < -0.3 is 5.32 Å². The normalized spacial score (nSPS) is 11.8. The highest BCUT2D eigenvalue weighted by molar-refractivity contribution is 9.10. The van der Waals surface area contributed by atoms with E-state index in [4.69, 9.17) is 11.6 Å². The molecule has 0 aliphatic heterocycles. The third-order valence-corrected chi connectivity index (χ3v) is 4.59. The van der Waals surface area contributed by atoms with Crippen LogP contribution in [0.5, 0.6) is 0 Å². The molecule has 1 N–H and O–H groups in total. The molecule has 1 aromatic carbocycles. The van der Waals surface area contributed by atoms with Crippen LogP contribution in [0.2, 0.25) is 5.02 Å². The van der Waals surface area contributed by atoms with Gasteiger partial charge >= 0.3 is 6.18 Å². The number of benzene rings is 1. The largest absolute Gasteiger partial charge is 0.433 e. The van der Waals surface area contributed by atoms with Crippen molar-refractivity contribution < 1.29 is 18.0 Å². The zero-order valence-electron chi connectivity index (χ0n) is 13.9. The summed E-state index contributed by atoms with van der Waals surface area (Å²) in [5, 5.41) is 6.08. The highest BCUT2D eigenvalue weighted by Crippen LogP contribution is 2.34. The van der Waals surface area contributed by atoms with E-state index in [1.807, 2.05) is 6.92 Å². The highest BCUT2D eigenvalue weighted by Gasteiger charge is 2.36. The lowest BCUT2D eigenvalue weighted by Crippen LogP contribution is -2.24. The molecule has 27 heavy (non-hydrogen) atoms. The number of halogens is 5. The van der Waals surface area contributed by atoms with Crippen molar-refractivity contribution in [2.75, 3.05) is 6.54 Å². The first-order valence-electron chi connectivity index (χ1n) is 7.93. The van der Waals surface area contributed by atoms with Crippen LogP contribution in [0.25, 0.3) is 16.9 Å². The highest BCUT2D eigenvalue weighted by atomic mass is 79.9. The lowest BCUT2D eigenvalue weighted by molar-refractivity contribution is -0.142. The van der Waals surface area contributed by atoms with Gasteiger partial charge in [0.1, 0.15) is 5.02 Å². The van der Waals surface area contributed by atoms with Gasteiger partial charge in [0.15, 0.2) is 17.0 Å². The van der Waals surface area contributed by atoms with Gasteiger partial charge in [-0.25, -0.2) is 9.50 Å². The van der Waals surface area contributed by atoms with E-state index in [0.717, 1.165) is 10.5 Å². The van der Waals surface area contributed by atoms with Crippen LogP contribution in [0.1, 0.15) is 29.5 Å². The van der Waals surface area contributed by atoms with Crippen LogP contribution in [0.4, 0.5) is 13.2 Å². The summed E-state index contributed by atoms with van der Waals surface area (Å²) >= 11 is 9.43. The summed E-state index contributed by atoms with van der Waals surface area (Å²) in [6.07, 6.45) is -4.05. The molecule has 5 nitrogen and oxygen atoms in total. The number of carbonyl (C=O) groups is 1. The maximum absolute atomic E-state index is 13.6. The van der Waals surface area contributed by atoms with Gasteiger partial charge in [-0.1, -0.05) is 46.6 Å². The predicted octanol–water partition coefficient (Wildman–Crippen LogP) is 4.97. The summed E-state index contributed by atoms with van der Waals surface area (Å²) in [7, 11) is 0. The molecule has 0 bridgehead atoms. The van der Waals surface area contributed by atoms with Gasteiger partial charge in [-0.2, -0.15) is 18.3 Å². The second-order valence-corrected chi connectivity index (χ2v) is 6.98. The molecule has 0 radical (unpaired) electrons. The topological polar surface area (TPSA) is 59.3 Å². The molecular weight excluding hydrogens is 449 g/mol. The third-order valence-electron chi connectivity index (χ3n) is 3.71. The van der Waals surface area contributed by atoms with Gasteiger partial charge in [0, 0.05) is 16.6 Å². The molecule has 0 saturated heterocycles. The number of carbonyl (C=O) groups excluding carboxylic acids is 1. The summed E-state index contributed by atoms with van der Waals surface area (Å²) in [5.74, 6) is -0.648. The molecule has 3 aromatic rings. The van der Waals surface area contributed by atoms with Crippen LogP contribution in [0, 0.1) is 0 Å². The fourth-order valence-corrected chi connectivity index (χ4v) is 2.94. The molecule has 0 aliphatic rings. The Labute approximate surface area is 165 Å². The fourth-order valence-electron chi connectivity index (χ4n) is 2.43. The van der Waals surface area contributed by atoms with E-state index < -0.39 is 17.8 Å². The Kier molecular flexibility index (Phi) is 5.43. The Bertz CT molecular complexity index is 1000. The lowest BCUT2D eigenvalue weighted by atomic mass is 10.1. The predicted molar refractivity (Wildman–Crippen MR) is 98.8 cm³/mol. The SMILES string of the molecule is CCCNC(=O)c1nn2c(C(F)(F)F)cc(-c3ccc(Br)cc3)nc2c1Cl. The van der Waals surface area contributed by atoms with E-state index in [0.29, 0.717) is 23.0 Å². The number of amides is 1. The smallest absolute Gasteiger partial charge is 0.351 e. The minimum absolute atomic E-state index is 0.0737. The zero-order chi connectivity index (χ0) is 19.8. The van der Waals surface area contributed by atoms with Crippen molar-refractivity contribution in [3.63, 3.8) is 0 Å². The molecular formula is C17H13BrClF3N4O. The first-order chi connectivity index (χ1) is 12.7. The van der Waals surface area contributed by atoms with Crippen molar-refractivity contribution in [2.24, 2.45) is 0 Å². The van der Waals surface area contributed by atoms with Crippen LogP contribution in [-0.4, -0.2) is 27.0 Å². The monoisotopic (exact) mass is 460 g/mol. The molecule has 0 atom stereocenters. The van der Waals surface area contributed by atoms with Crippen molar-refractivity contribution in [3.8, 4) is 11.3 Å². The van der Waals surface area contributed by atoms with E-state index in [-0.39, 0.29) is 22.1 Å². The first kappa shape index (κ1) is 19.6. The van der Waals surface area contributed by atoms with Crippen molar-refractivity contribution in [1.82, 2.24) is 19.9 Å². The molecule has 0 spiro atoms. The average Bonchev–Trinajstić information content (AvgIpc) is 2.95. The maximum atomic E-state index is 13.6. The fraction of sp³-hybridized carbons (Fsp3) is 0.235. The third kappa shape index (κ3) is 3.93. The second-order valence-electron chi connectivity index (χ2n) is 5.69. The standard InChI is InChI=1S/C17H13BrClF3N4O/c1-2-7-23-16(27)14-13(19)15-24-11(9-3-5-10(18)6-4-9)8-12(17(20,21)22)26(15)25-14/h3-6,8H,2,7H2,1H3,(H,23,27). The van der Waals surface area contributed by atoms with Gasteiger partial charge in [0.25, 0.3) is 5.91 Å². The Morgan fingerprint density at radius 1 is 1.30 bits per heavy atom. The van der Waals surface area contributed by atoms with Crippen molar-refractivity contribution in [3.05, 3.63) is 51.2 Å². The molecule has 0 saturated carbocycles. The number of rotatable bonds is 4. The summed E-state index contributed by atoms with van der Waals surface area (Å²) in [6, 6.07) is 7.52. The van der Waals surface area contributed by atoms with Gasteiger partial charge in [-0.15, -0.1) is 0 Å². The molecule has 0 unspecified atom stereocenters. The van der Waals surface area contributed by atoms with Crippen molar-refractivity contribution >= 4 is 39.1 Å². The van der Waals surface area contributed by atoms with Gasteiger partial charge in [-0.3, -0.25) is 4.79 Å². The minimum Gasteiger partial charge on any atom is -0.351 e.